The lowest BCUT2D eigenvalue weighted by Gasteiger charge is -2.28. The van der Waals surface area contributed by atoms with Crippen LogP contribution in [0.2, 0.25) is 0 Å². The van der Waals surface area contributed by atoms with E-state index in [0.29, 0.717) is 6.42 Å². The van der Waals surface area contributed by atoms with Crippen LogP contribution in [0.4, 0.5) is 0 Å². The molecule has 0 spiro atoms. The first-order valence-electron chi connectivity index (χ1n) is 7.32. The zero-order valence-electron chi connectivity index (χ0n) is 12.9. The van der Waals surface area contributed by atoms with Gasteiger partial charge < -0.3 is 4.74 Å². The molecule has 0 amide bonds. The predicted octanol–water partition coefficient (Wildman–Crippen LogP) is 4.64. The summed E-state index contributed by atoms with van der Waals surface area (Å²) in [6.07, 6.45) is 1.40. The van der Waals surface area contributed by atoms with E-state index in [9.17, 15) is 4.79 Å². The topological polar surface area (TPSA) is 26.3 Å². The number of hydrogen-bond donors (Lipinski definition) is 0. The van der Waals surface area contributed by atoms with Crippen LogP contribution in [-0.4, -0.2) is 12.9 Å². The molecule has 0 N–H and O–H groups in total. The Morgan fingerprint density at radius 1 is 1.10 bits per heavy atom. The number of ether oxygens (including phenoxy) is 1. The van der Waals surface area contributed by atoms with Crippen LogP contribution in [0.1, 0.15) is 42.6 Å². The van der Waals surface area contributed by atoms with Gasteiger partial charge in [0.05, 0.1) is 7.11 Å². The standard InChI is InChI=1S/C19H22O2/c1-4-19(2,16-11-8-12-17(13-16)21-3)14-18(20)15-9-6-5-7-10-15/h5-13H,4,14H2,1-3H3. The summed E-state index contributed by atoms with van der Waals surface area (Å²) in [5, 5.41) is 0. The van der Waals surface area contributed by atoms with Crippen LogP contribution in [0.3, 0.4) is 0 Å². The highest BCUT2D eigenvalue weighted by Gasteiger charge is 2.28. The van der Waals surface area contributed by atoms with Gasteiger partial charge in [-0.3, -0.25) is 4.79 Å². The van der Waals surface area contributed by atoms with Gasteiger partial charge in [-0.1, -0.05) is 56.3 Å². The molecule has 2 nitrogen and oxygen atoms in total. The number of carbonyl (C=O) groups is 1. The minimum atomic E-state index is -0.179. The van der Waals surface area contributed by atoms with Gasteiger partial charge in [0.15, 0.2) is 5.78 Å². The second-order valence-corrected chi connectivity index (χ2v) is 5.61. The fourth-order valence-corrected chi connectivity index (χ4v) is 2.51. The highest BCUT2D eigenvalue weighted by molar-refractivity contribution is 5.96. The van der Waals surface area contributed by atoms with Crippen molar-refractivity contribution in [3.63, 3.8) is 0 Å². The number of benzene rings is 2. The molecule has 0 aliphatic carbocycles. The summed E-state index contributed by atoms with van der Waals surface area (Å²) in [6, 6.07) is 17.5. The summed E-state index contributed by atoms with van der Waals surface area (Å²) >= 11 is 0. The minimum absolute atomic E-state index is 0.179. The van der Waals surface area contributed by atoms with Crippen molar-refractivity contribution in [2.75, 3.05) is 7.11 Å². The summed E-state index contributed by atoms with van der Waals surface area (Å²) < 4.78 is 5.30. The second kappa shape index (κ2) is 6.57. The van der Waals surface area contributed by atoms with Crippen molar-refractivity contribution >= 4 is 5.78 Å². The maximum Gasteiger partial charge on any atom is 0.163 e. The highest BCUT2D eigenvalue weighted by atomic mass is 16.5. The molecular weight excluding hydrogens is 260 g/mol. The zero-order chi connectivity index (χ0) is 15.3. The summed E-state index contributed by atoms with van der Waals surface area (Å²) in [4.78, 5) is 12.5. The van der Waals surface area contributed by atoms with Crippen molar-refractivity contribution in [1.82, 2.24) is 0 Å². The zero-order valence-corrected chi connectivity index (χ0v) is 12.9. The fraction of sp³-hybridized carbons (Fsp3) is 0.316. The Morgan fingerprint density at radius 2 is 1.81 bits per heavy atom. The lowest BCUT2D eigenvalue weighted by molar-refractivity contribution is 0.0952. The Hall–Kier alpha value is -2.09. The normalized spacial score (nSPS) is 13.5. The van der Waals surface area contributed by atoms with Crippen molar-refractivity contribution < 1.29 is 9.53 Å². The molecule has 2 aromatic rings. The number of ketones is 1. The first kappa shape index (κ1) is 15.3. The quantitative estimate of drug-likeness (QED) is 0.722. The van der Waals surface area contributed by atoms with E-state index in [0.717, 1.165) is 23.3 Å². The van der Waals surface area contributed by atoms with Crippen LogP contribution in [-0.2, 0) is 5.41 Å². The van der Waals surface area contributed by atoms with E-state index in [1.807, 2.05) is 48.5 Å². The Kier molecular flexibility index (Phi) is 4.79. The molecule has 0 heterocycles. The Balaban J connectivity index is 2.26. The third kappa shape index (κ3) is 3.52. The van der Waals surface area contributed by atoms with Gasteiger partial charge in [-0.25, -0.2) is 0 Å². The van der Waals surface area contributed by atoms with Crippen LogP contribution >= 0.6 is 0 Å². The van der Waals surface area contributed by atoms with Gasteiger partial charge in [-0.15, -0.1) is 0 Å². The summed E-state index contributed by atoms with van der Waals surface area (Å²) in [5.74, 6) is 1.02. The third-order valence-electron chi connectivity index (χ3n) is 4.19. The summed E-state index contributed by atoms with van der Waals surface area (Å²) in [6.45, 7) is 4.26. The smallest absolute Gasteiger partial charge is 0.163 e. The van der Waals surface area contributed by atoms with Gasteiger partial charge in [0.25, 0.3) is 0 Å². The molecule has 2 aromatic carbocycles. The molecule has 110 valence electrons. The Labute approximate surface area is 126 Å². The third-order valence-corrected chi connectivity index (χ3v) is 4.19. The highest BCUT2D eigenvalue weighted by Crippen LogP contribution is 2.34. The molecule has 0 fully saturated rings. The molecule has 0 aromatic heterocycles. The lowest BCUT2D eigenvalue weighted by atomic mass is 9.75. The molecule has 0 bridgehead atoms. The van der Waals surface area contributed by atoms with Gasteiger partial charge in [0, 0.05) is 12.0 Å². The second-order valence-electron chi connectivity index (χ2n) is 5.61. The minimum Gasteiger partial charge on any atom is -0.497 e. The maximum atomic E-state index is 12.5. The van der Waals surface area contributed by atoms with Crippen LogP contribution in [0.25, 0.3) is 0 Å². The fourth-order valence-electron chi connectivity index (χ4n) is 2.51. The first-order valence-corrected chi connectivity index (χ1v) is 7.32. The van der Waals surface area contributed by atoms with Crippen LogP contribution in [0.15, 0.2) is 54.6 Å². The average molecular weight is 282 g/mol. The monoisotopic (exact) mass is 282 g/mol. The van der Waals surface area contributed by atoms with E-state index >= 15 is 0 Å². The Bertz CT molecular complexity index is 604. The largest absolute Gasteiger partial charge is 0.497 e. The molecular formula is C19H22O2. The summed E-state index contributed by atoms with van der Waals surface area (Å²) in [5.41, 5.74) is 1.75. The van der Waals surface area contributed by atoms with Gasteiger partial charge in [0.2, 0.25) is 0 Å². The summed E-state index contributed by atoms with van der Waals surface area (Å²) in [7, 11) is 1.66. The molecule has 1 atom stereocenters. The van der Waals surface area contributed by atoms with Crippen LogP contribution in [0.5, 0.6) is 5.75 Å². The molecule has 0 saturated carbocycles. The van der Waals surface area contributed by atoms with Crippen molar-refractivity contribution in [2.45, 2.75) is 32.1 Å². The van der Waals surface area contributed by atoms with Crippen molar-refractivity contribution in [2.24, 2.45) is 0 Å². The van der Waals surface area contributed by atoms with E-state index < -0.39 is 0 Å². The molecule has 0 aliphatic rings. The average Bonchev–Trinajstić information content (AvgIpc) is 2.55. The van der Waals surface area contributed by atoms with Gasteiger partial charge >= 0.3 is 0 Å². The first-order chi connectivity index (χ1) is 10.1. The molecule has 2 rings (SSSR count). The molecule has 0 radical (unpaired) electrons. The van der Waals surface area contributed by atoms with Crippen molar-refractivity contribution in [3.05, 3.63) is 65.7 Å². The number of Topliss-reactive ketones (excluding diaryl/α,β-unsaturated/α-hetero) is 1. The Morgan fingerprint density at radius 3 is 2.43 bits per heavy atom. The van der Waals surface area contributed by atoms with E-state index in [2.05, 4.69) is 19.9 Å². The molecule has 0 saturated heterocycles. The molecule has 2 heteroatoms. The molecule has 21 heavy (non-hydrogen) atoms. The SMILES string of the molecule is CCC(C)(CC(=O)c1ccccc1)c1cccc(OC)c1. The predicted molar refractivity (Wildman–Crippen MR) is 86.0 cm³/mol. The van der Waals surface area contributed by atoms with Gasteiger partial charge in [-0.2, -0.15) is 0 Å². The molecule has 1 unspecified atom stereocenters. The lowest BCUT2D eigenvalue weighted by Crippen LogP contribution is -2.25. The van der Waals surface area contributed by atoms with Crippen LogP contribution in [0, 0.1) is 0 Å². The molecule has 0 aliphatic heterocycles. The van der Waals surface area contributed by atoms with E-state index in [1.54, 1.807) is 7.11 Å². The number of rotatable bonds is 6. The maximum absolute atomic E-state index is 12.5. The van der Waals surface area contributed by atoms with Crippen molar-refractivity contribution in [1.29, 1.82) is 0 Å². The van der Waals surface area contributed by atoms with E-state index in [4.69, 9.17) is 4.74 Å². The number of carbonyl (C=O) groups excluding carboxylic acids is 1. The van der Waals surface area contributed by atoms with E-state index in [1.165, 1.54) is 0 Å². The van der Waals surface area contributed by atoms with Gasteiger partial charge in [0.1, 0.15) is 5.75 Å². The number of hydrogen-bond acceptors (Lipinski definition) is 2. The van der Waals surface area contributed by atoms with Crippen LogP contribution < -0.4 is 4.74 Å². The van der Waals surface area contributed by atoms with E-state index in [-0.39, 0.29) is 11.2 Å². The van der Waals surface area contributed by atoms with Crippen molar-refractivity contribution in [3.8, 4) is 5.75 Å². The number of methoxy groups -OCH3 is 1. The van der Waals surface area contributed by atoms with Gasteiger partial charge in [-0.05, 0) is 29.5 Å².